The molecule has 29 heavy (non-hydrogen) atoms. The van der Waals surface area contributed by atoms with Crippen LogP contribution in [0.15, 0.2) is 71.1 Å². The Morgan fingerprint density at radius 3 is 2.62 bits per heavy atom. The summed E-state index contributed by atoms with van der Waals surface area (Å²) in [5.74, 6) is 5.44. The summed E-state index contributed by atoms with van der Waals surface area (Å²) in [5, 5.41) is 12.3. The Kier molecular flexibility index (Phi) is 8.07. The van der Waals surface area contributed by atoms with E-state index in [0.29, 0.717) is 5.71 Å². The molecule has 2 aromatic heterocycles. The smallest absolute Gasteiger partial charge is 0.113 e. The molecule has 0 amide bonds. The van der Waals surface area contributed by atoms with Crippen LogP contribution in [0.2, 0.25) is 0 Å². The number of hydrogen-bond donors (Lipinski definition) is 1. The van der Waals surface area contributed by atoms with E-state index < -0.39 is 0 Å². The Bertz CT molecular complexity index is 901. The summed E-state index contributed by atoms with van der Waals surface area (Å²) in [4.78, 5) is 8.50. The second kappa shape index (κ2) is 11.5. The van der Waals surface area contributed by atoms with Crippen molar-refractivity contribution in [2.24, 2.45) is 15.9 Å². The minimum absolute atomic E-state index is 0.654. The molecule has 3 aromatic rings. The zero-order valence-corrected chi connectivity index (χ0v) is 16.6. The van der Waals surface area contributed by atoms with Gasteiger partial charge in [-0.2, -0.15) is 5.10 Å². The highest BCUT2D eigenvalue weighted by Crippen LogP contribution is 2.15. The Morgan fingerprint density at radius 1 is 1.00 bits per heavy atom. The molecular weight excluding hydrogens is 362 g/mol. The first-order valence-electron chi connectivity index (χ1n) is 10.0. The minimum Gasteiger partial charge on any atom is -0.323 e. The van der Waals surface area contributed by atoms with Gasteiger partial charge in [-0.15, -0.1) is 5.10 Å². The van der Waals surface area contributed by atoms with Crippen molar-refractivity contribution in [3.63, 3.8) is 0 Å². The van der Waals surface area contributed by atoms with Gasteiger partial charge in [-0.3, -0.25) is 14.7 Å². The van der Waals surface area contributed by atoms with Crippen molar-refractivity contribution < 1.29 is 0 Å². The van der Waals surface area contributed by atoms with Crippen molar-refractivity contribution in [1.29, 1.82) is 0 Å². The first-order chi connectivity index (χ1) is 14.4. The molecule has 1 aromatic carbocycles. The molecule has 3 rings (SSSR count). The number of nitrogens with zero attached hydrogens (tertiary/aromatic N) is 6. The number of nitrogens with two attached hydrogens (primary N) is 1. The maximum absolute atomic E-state index is 5.44. The van der Waals surface area contributed by atoms with Gasteiger partial charge in [-0.1, -0.05) is 54.8 Å². The van der Waals surface area contributed by atoms with Crippen LogP contribution in [0.25, 0.3) is 11.3 Å². The summed E-state index contributed by atoms with van der Waals surface area (Å²) in [6, 6.07) is 13.9. The van der Waals surface area contributed by atoms with Gasteiger partial charge in [0.05, 0.1) is 6.20 Å². The van der Waals surface area contributed by atoms with E-state index in [9.17, 15) is 0 Å². The number of hydrogen-bond acceptors (Lipinski definition) is 6. The van der Waals surface area contributed by atoms with Gasteiger partial charge in [0.25, 0.3) is 0 Å². The second-order valence-electron chi connectivity index (χ2n) is 6.79. The van der Waals surface area contributed by atoms with E-state index >= 15 is 0 Å². The van der Waals surface area contributed by atoms with Crippen molar-refractivity contribution in [2.45, 2.75) is 38.6 Å². The van der Waals surface area contributed by atoms with E-state index in [2.05, 4.69) is 37.5 Å². The van der Waals surface area contributed by atoms with Crippen molar-refractivity contribution >= 4 is 11.9 Å². The Morgan fingerprint density at radius 2 is 1.83 bits per heavy atom. The molecule has 2 heterocycles. The molecule has 0 saturated heterocycles. The number of aromatic nitrogens is 4. The maximum atomic E-state index is 5.44. The molecule has 0 saturated carbocycles. The van der Waals surface area contributed by atoms with Crippen LogP contribution in [0.1, 0.15) is 37.7 Å². The summed E-state index contributed by atoms with van der Waals surface area (Å²) in [5.41, 5.74) is 3.56. The monoisotopic (exact) mass is 389 g/mol. The SMILES string of the molecule is NN=C(C=NCCCCCCCn1cc(-c2ccccc2)nn1)c1cccnc1. The van der Waals surface area contributed by atoms with Crippen LogP contribution >= 0.6 is 0 Å². The molecule has 0 bridgehead atoms. The first-order valence-corrected chi connectivity index (χ1v) is 10.0. The van der Waals surface area contributed by atoms with E-state index in [1.165, 1.54) is 12.8 Å². The van der Waals surface area contributed by atoms with Gasteiger partial charge in [0.1, 0.15) is 11.4 Å². The zero-order valence-electron chi connectivity index (χ0n) is 16.6. The van der Waals surface area contributed by atoms with E-state index in [-0.39, 0.29) is 0 Å². The predicted molar refractivity (Wildman–Crippen MR) is 117 cm³/mol. The highest BCUT2D eigenvalue weighted by Gasteiger charge is 2.03. The average Bonchev–Trinajstić information content (AvgIpc) is 3.25. The molecular formula is C22H27N7. The van der Waals surface area contributed by atoms with Gasteiger partial charge in [0, 0.05) is 42.8 Å². The second-order valence-corrected chi connectivity index (χ2v) is 6.79. The number of unbranched alkanes of at least 4 members (excludes halogenated alkanes) is 4. The lowest BCUT2D eigenvalue weighted by Gasteiger charge is -2.01. The molecule has 0 aliphatic carbocycles. The normalized spacial score (nSPS) is 11.9. The number of aryl methyl sites for hydroxylation is 1. The average molecular weight is 390 g/mol. The lowest BCUT2D eigenvalue weighted by Crippen LogP contribution is -2.06. The third-order valence-corrected chi connectivity index (χ3v) is 4.59. The largest absolute Gasteiger partial charge is 0.323 e. The summed E-state index contributed by atoms with van der Waals surface area (Å²) in [6.45, 7) is 1.68. The lowest BCUT2D eigenvalue weighted by molar-refractivity contribution is 0.519. The summed E-state index contributed by atoms with van der Waals surface area (Å²) in [6.07, 6.45) is 12.9. The molecule has 0 spiro atoms. The van der Waals surface area contributed by atoms with Crippen LogP contribution < -0.4 is 5.84 Å². The standard InChI is InChI=1S/C22H27N7/c23-26-21(20-12-9-14-24-16-20)17-25-13-7-2-1-3-8-15-29-18-22(27-28-29)19-10-5-4-6-11-19/h4-6,9-12,14,16-18H,1-3,7-8,13,15,23H2. The topological polar surface area (TPSA) is 94.3 Å². The Labute approximate surface area is 171 Å². The van der Waals surface area contributed by atoms with Gasteiger partial charge in [-0.05, 0) is 25.0 Å². The predicted octanol–water partition coefficient (Wildman–Crippen LogP) is 3.72. The fourth-order valence-corrected chi connectivity index (χ4v) is 3.00. The van der Waals surface area contributed by atoms with E-state index in [1.807, 2.05) is 41.2 Å². The van der Waals surface area contributed by atoms with Crippen molar-refractivity contribution in [1.82, 2.24) is 20.0 Å². The molecule has 0 aliphatic rings. The van der Waals surface area contributed by atoms with E-state index in [0.717, 1.165) is 49.2 Å². The highest BCUT2D eigenvalue weighted by molar-refractivity contribution is 6.38. The first kappa shape index (κ1) is 20.4. The van der Waals surface area contributed by atoms with Crippen LogP contribution in [0, 0.1) is 0 Å². The third kappa shape index (κ3) is 6.64. The quantitative estimate of drug-likeness (QED) is 0.234. The number of pyridine rings is 1. The van der Waals surface area contributed by atoms with Gasteiger partial charge in [0.15, 0.2) is 0 Å². The van der Waals surface area contributed by atoms with Crippen LogP contribution in [0.3, 0.4) is 0 Å². The molecule has 2 N–H and O–H groups in total. The van der Waals surface area contributed by atoms with Gasteiger partial charge in [-0.25, -0.2) is 0 Å². The van der Waals surface area contributed by atoms with Crippen molar-refractivity contribution in [3.8, 4) is 11.3 Å². The van der Waals surface area contributed by atoms with E-state index in [1.54, 1.807) is 18.6 Å². The third-order valence-electron chi connectivity index (χ3n) is 4.59. The lowest BCUT2D eigenvalue weighted by atomic mass is 10.1. The number of hydrazone groups is 1. The van der Waals surface area contributed by atoms with Gasteiger partial charge < -0.3 is 5.84 Å². The van der Waals surface area contributed by atoms with Crippen LogP contribution in [-0.2, 0) is 6.54 Å². The molecule has 0 unspecified atom stereocenters. The molecule has 0 fully saturated rings. The summed E-state index contributed by atoms with van der Waals surface area (Å²) in [7, 11) is 0. The number of benzene rings is 1. The maximum Gasteiger partial charge on any atom is 0.113 e. The fraction of sp³-hybridized carbons (Fsp3) is 0.318. The van der Waals surface area contributed by atoms with Crippen molar-refractivity contribution in [3.05, 3.63) is 66.6 Å². The Hall–Kier alpha value is -3.35. The summed E-state index contributed by atoms with van der Waals surface area (Å²) >= 11 is 0. The van der Waals surface area contributed by atoms with E-state index in [4.69, 9.17) is 5.84 Å². The molecule has 7 nitrogen and oxygen atoms in total. The van der Waals surface area contributed by atoms with Crippen molar-refractivity contribution in [2.75, 3.05) is 6.54 Å². The highest BCUT2D eigenvalue weighted by atomic mass is 15.4. The molecule has 7 heteroatoms. The minimum atomic E-state index is 0.654. The summed E-state index contributed by atoms with van der Waals surface area (Å²) < 4.78 is 1.93. The van der Waals surface area contributed by atoms with Gasteiger partial charge >= 0.3 is 0 Å². The molecule has 0 radical (unpaired) electrons. The molecule has 150 valence electrons. The Balaban J connectivity index is 1.28. The van der Waals surface area contributed by atoms with Gasteiger partial charge in [0.2, 0.25) is 0 Å². The molecule has 0 aliphatic heterocycles. The fourth-order valence-electron chi connectivity index (χ4n) is 3.00. The van der Waals surface area contributed by atoms with Crippen LogP contribution in [0.5, 0.6) is 0 Å². The number of rotatable bonds is 11. The molecule has 0 atom stereocenters. The van der Waals surface area contributed by atoms with Crippen LogP contribution in [0.4, 0.5) is 0 Å². The van der Waals surface area contributed by atoms with Crippen LogP contribution in [-0.4, -0.2) is 38.4 Å². The zero-order chi connectivity index (χ0) is 20.2. The number of aliphatic imine (C=N–C) groups is 1.